The van der Waals surface area contributed by atoms with Gasteiger partial charge in [-0.3, -0.25) is 0 Å². The Kier molecular flexibility index (Phi) is 7.77. The fourth-order valence-corrected chi connectivity index (χ4v) is 12.0. The van der Waals surface area contributed by atoms with Crippen molar-refractivity contribution >= 4 is 33.0 Å². The summed E-state index contributed by atoms with van der Waals surface area (Å²) < 4.78 is 12.2. The average Bonchev–Trinajstić information content (AvgIpc) is 2.66. The summed E-state index contributed by atoms with van der Waals surface area (Å²) in [5, 5.41) is 2.58. The molecule has 0 saturated carbocycles. The zero-order valence-electron chi connectivity index (χ0n) is 16.8. The van der Waals surface area contributed by atoms with Gasteiger partial charge in [-0.2, -0.15) is 0 Å². The van der Waals surface area contributed by atoms with Crippen LogP contribution in [0.15, 0.2) is 72.8 Å². The normalized spacial score (nSPS) is 12.3. The average molecular weight is 399 g/mol. The van der Waals surface area contributed by atoms with Crippen LogP contribution < -0.4 is 10.4 Å². The maximum atomic E-state index is 11.4. The van der Waals surface area contributed by atoms with Crippen molar-refractivity contribution in [3.8, 4) is 0 Å². The van der Waals surface area contributed by atoms with Crippen LogP contribution in [0.2, 0.25) is 25.7 Å². The lowest BCUT2D eigenvalue weighted by Gasteiger charge is -2.37. The minimum atomic E-state index is -2.29. The highest BCUT2D eigenvalue weighted by Gasteiger charge is 2.39. The van der Waals surface area contributed by atoms with Gasteiger partial charge < -0.3 is 8.85 Å². The van der Waals surface area contributed by atoms with Gasteiger partial charge in [-0.05, 0) is 49.4 Å². The number of ether oxygens (including phenoxy) is 1. The predicted molar refractivity (Wildman–Crippen MR) is 118 cm³/mol. The molecule has 3 nitrogen and oxygen atoms in total. The molecule has 0 saturated heterocycles. The smallest absolute Gasteiger partial charge is 0.330 e. The van der Waals surface area contributed by atoms with Gasteiger partial charge in [-0.25, -0.2) is 4.79 Å². The van der Waals surface area contributed by atoms with Gasteiger partial charge >= 0.3 is 5.97 Å². The van der Waals surface area contributed by atoms with Crippen molar-refractivity contribution in [2.45, 2.75) is 39.0 Å². The molecule has 2 rings (SSSR count). The van der Waals surface area contributed by atoms with Crippen LogP contribution in [0.3, 0.4) is 0 Å². The Balaban J connectivity index is 2.11. The molecule has 0 radical (unpaired) electrons. The number of carbonyl (C=O) groups excluding carboxylic acids is 1. The lowest BCUT2D eigenvalue weighted by molar-refractivity contribution is -0.137. The maximum Gasteiger partial charge on any atom is 0.330 e. The third-order valence-electron chi connectivity index (χ3n) is 4.60. The second-order valence-corrected chi connectivity index (χ2v) is 15.5. The van der Waals surface area contributed by atoms with Crippen molar-refractivity contribution in [3.63, 3.8) is 0 Å². The fourth-order valence-electron chi connectivity index (χ4n) is 3.26. The molecular weight excluding hydrogens is 368 g/mol. The number of rotatable bonds is 9. The molecule has 144 valence electrons. The largest absolute Gasteiger partial charge is 0.463 e. The van der Waals surface area contributed by atoms with Crippen molar-refractivity contribution < 1.29 is 13.6 Å². The van der Waals surface area contributed by atoms with E-state index in [0.29, 0.717) is 6.61 Å². The van der Waals surface area contributed by atoms with Gasteiger partial charge in [0.1, 0.15) is 0 Å². The van der Waals surface area contributed by atoms with Crippen molar-refractivity contribution in [2.75, 3.05) is 6.61 Å². The molecule has 27 heavy (non-hydrogen) atoms. The highest BCUT2D eigenvalue weighted by atomic mass is 28.4. The molecule has 0 aliphatic carbocycles. The summed E-state index contributed by atoms with van der Waals surface area (Å²) in [6, 6.07) is 22.1. The van der Waals surface area contributed by atoms with Crippen molar-refractivity contribution in [3.05, 3.63) is 72.8 Å². The van der Waals surface area contributed by atoms with Crippen molar-refractivity contribution in [2.24, 2.45) is 0 Å². The number of allylic oxidation sites excluding steroid dienone is 1. The van der Waals surface area contributed by atoms with Crippen LogP contribution in [-0.2, 0) is 13.6 Å². The van der Waals surface area contributed by atoms with E-state index < -0.39 is 16.6 Å². The second kappa shape index (κ2) is 9.83. The first-order chi connectivity index (χ1) is 12.9. The molecule has 0 amide bonds. The van der Waals surface area contributed by atoms with E-state index in [2.05, 4.69) is 68.2 Å². The molecule has 5 heteroatoms. The number of carbonyl (C=O) groups is 1. The van der Waals surface area contributed by atoms with Gasteiger partial charge in [0.05, 0.1) is 6.61 Å². The zero-order chi connectivity index (χ0) is 19.8. The summed E-state index contributed by atoms with van der Waals surface area (Å²) >= 11 is 0. The van der Waals surface area contributed by atoms with Gasteiger partial charge in [0, 0.05) is 6.08 Å². The highest BCUT2D eigenvalue weighted by Crippen LogP contribution is 2.20. The highest BCUT2D eigenvalue weighted by molar-refractivity contribution is 7.01. The first kappa shape index (κ1) is 21.3. The van der Waals surface area contributed by atoms with E-state index in [9.17, 15) is 4.79 Å². The summed E-state index contributed by atoms with van der Waals surface area (Å²) in [5.74, 6) is -0.273. The van der Waals surface area contributed by atoms with Crippen LogP contribution in [0.4, 0.5) is 0 Å². The van der Waals surface area contributed by atoms with Gasteiger partial charge in [0.25, 0.3) is 0 Å². The second-order valence-electron chi connectivity index (χ2n) is 7.40. The van der Waals surface area contributed by atoms with Gasteiger partial charge in [0.15, 0.2) is 8.32 Å². The van der Waals surface area contributed by atoms with Gasteiger partial charge in [0.2, 0.25) is 8.32 Å². The Morgan fingerprint density at radius 3 is 1.93 bits per heavy atom. The molecule has 2 aromatic rings. The summed E-state index contributed by atoms with van der Waals surface area (Å²) in [7, 11) is -4.23. The minimum absolute atomic E-state index is 0.273. The Morgan fingerprint density at radius 2 is 1.44 bits per heavy atom. The summed E-state index contributed by atoms with van der Waals surface area (Å²) in [4.78, 5) is 11.4. The first-order valence-electron chi connectivity index (χ1n) is 9.48. The standard InChI is InChI=1S/C22H30O3Si2/c1-5-13-22(23)24-18-12-19-26(2,3)25-27(4,20-14-8-6-9-15-20)21-16-10-7-11-17-21/h5-11,13-17H,12,18-19H2,1-4H3. The van der Waals surface area contributed by atoms with E-state index in [1.807, 2.05) is 19.1 Å². The van der Waals surface area contributed by atoms with Crippen LogP contribution >= 0.6 is 0 Å². The van der Waals surface area contributed by atoms with Gasteiger partial charge in [-0.1, -0.05) is 66.7 Å². The van der Waals surface area contributed by atoms with Crippen LogP contribution in [-0.4, -0.2) is 29.2 Å². The Morgan fingerprint density at radius 1 is 0.926 bits per heavy atom. The molecule has 0 aromatic heterocycles. The molecule has 0 fully saturated rings. The summed E-state index contributed by atoms with van der Waals surface area (Å²) in [6.45, 7) is 9.07. The van der Waals surface area contributed by atoms with Crippen molar-refractivity contribution in [1.29, 1.82) is 0 Å². The molecule has 0 heterocycles. The fraction of sp³-hybridized carbons (Fsp3) is 0.318. The quantitative estimate of drug-likeness (QED) is 0.276. The number of hydrogen-bond acceptors (Lipinski definition) is 3. The predicted octanol–water partition coefficient (Wildman–Crippen LogP) is 4.11. The number of hydrogen-bond donors (Lipinski definition) is 0. The topological polar surface area (TPSA) is 35.5 Å². The lowest BCUT2D eigenvalue weighted by atomic mass is 10.4. The van der Waals surface area contributed by atoms with E-state index in [-0.39, 0.29) is 5.97 Å². The van der Waals surface area contributed by atoms with Crippen molar-refractivity contribution in [1.82, 2.24) is 0 Å². The maximum absolute atomic E-state index is 11.4. The molecule has 0 aliphatic rings. The molecule has 0 atom stereocenters. The molecule has 0 bridgehead atoms. The summed E-state index contributed by atoms with van der Waals surface area (Å²) in [6.07, 6.45) is 3.98. The Labute approximate surface area is 165 Å². The molecular formula is C22H30O3Si2. The van der Waals surface area contributed by atoms with Gasteiger partial charge in [-0.15, -0.1) is 0 Å². The van der Waals surface area contributed by atoms with E-state index in [4.69, 9.17) is 8.85 Å². The van der Waals surface area contributed by atoms with Crippen LogP contribution in [0.1, 0.15) is 13.3 Å². The molecule has 2 aromatic carbocycles. The third kappa shape index (κ3) is 6.31. The van der Waals surface area contributed by atoms with E-state index in [1.54, 1.807) is 6.08 Å². The number of benzene rings is 2. The monoisotopic (exact) mass is 398 g/mol. The van der Waals surface area contributed by atoms with E-state index in [1.165, 1.54) is 16.4 Å². The Bertz CT molecular complexity index is 703. The first-order valence-corrected chi connectivity index (χ1v) is 15.0. The SMILES string of the molecule is CC=CC(=O)OCCC[Si](C)(C)O[Si](C)(c1ccccc1)c1ccccc1. The molecule has 0 aliphatic heterocycles. The van der Waals surface area contributed by atoms with Crippen LogP contribution in [0.5, 0.6) is 0 Å². The lowest BCUT2D eigenvalue weighted by Crippen LogP contribution is -2.62. The molecule has 0 unspecified atom stereocenters. The minimum Gasteiger partial charge on any atom is -0.463 e. The third-order valence-corrected chi connectivity index (χ3v) is 12.9. The molecule has 0 N–H and O–H groups in total. The van der Waals surface area contributed by atoms with Crippen LogP contribution in [0.25, 0.3) is 0 Å². The zero-order valence-corrected chi connectivity index (χ0v) is 18.8. The summed E-state index contributed by atoms with van der Waals surface area (Å²) in [5.41, 5.74) is 0. The number of esters is 1. The van der Waals surface area contributed by atoms with E-state index in [0.717, 1.165) is 12.5 Å². The molecule has 0 spiro atoms. The van der Waals surface area contributed by atoms with Crippen LogP contribution in [0, 0.1) is 0 Å². The van der Waals surface area contributed by atoms with E-state index >= 15 is 0 Å². The Hall–Kier alpha value is -1.96.